The molecule has 0 aliphatic carbocycles. The second kappa shape index (κ2) is 8.49. The third-order valence-corrected chi connectivity index (χ3v) is 5.78. The summed E-state index contributed by atoms with van der Waals surface area (Å²) in [5.41, 5.74) is 3.55. The first-order valence-corrected chi connectivity index (χ1v) is 10.1. The number of rotatable bonds is 7. The number of benzene rings is 3. The highest BCUT2D eigenvalue weighted by atomic mass is 32.1. The minimum absolute atomic E-state index is 0.506. The van der Waals surface area contributed by atoms with Crippen molar-refractivity contribution in [2.75, 3.05) is 6.54 Å². The second-order valence-electron chi connectivity index (χ2n) is 6.84. The lowest BCUT2D eigenvalue weighted by Gasteiger charge is -2.25. The fourth-order valence-electron chi connectivity index (χ4n) is 3.47. The van der Waals surface area contributed by atoms with Crippen molar-refractivity contribution in [3.05, 3.63) is 107 Å². The summed E-state index contributed by atoms with van der Waals surface area (Å²) >= 11 is 1.70. The molecule has 0 amide bonds. The van der Waals surface area contributed by atoms with Crippen LogP contribution in [-0.2, 0) is 13.1 Å². The van der Waals surface area contributed by atoms with Gasteiger partial charge >= 0.3 is 0 Å². The van der Waals surface area contributed by atoms with Crippen LogP contribution in [0, 0.1) is 0 Å². The maximum atomic E-state index is 11.0. The van der Waals surface area contributed by atoms with Crippen LogP contribution in [0.2, 0.25) is 0 Å². The summed E-state index contributed by atoms with van der Waals surface area (Å²) in [5, 5.41) is 14.3. The molecule has 1 heterocycles. The Morgan fingerprint density at radius 1 is 0.741 bits per heavy atom. The van der Waals surface area contributed by atoms with E-state index in [1.807, 2.05) is 24.3 Å². The summed E-state index contributed by atoms with van der Waals surface area (Å²) in [5.74, 6) is 0. The molecule has 1 aromatic heterocycles. The Balaban J connectivity index is 1.56. The predicted molar refractivity (Wildman–Crippen MR) is 114 cm³/mol. The van der Waals surface area contributed by atoms with Crippen molar-refractivity contribution in [1.82, 2.24) is 4.90 Å². The highest BCUT2D eigenvalue weighted by molar-refractivity contribution is 7.17. The van der Waals surface area contributed by atoms with E-state index in [2.05, 4.69) is 70.9 Å². The van der Waals surface area contributed by atoms with Crippen LogP contribution >= 0.6 is 11.3 Å². The topological polar surface area (TPSA) is 23.5 Å². The van der Waals surface area contributed by atoms with E-state index in [1.165, 1.54) is 15.8 Å². The van der Waals surface area contributed by atoms with Crippen LogP contribution in [0.1, 0.15) is 22.8 Å². The lowest BCUT2D eigenvalue weighted by Crippen LogP contribution is -2.28. The van der Waals surface area contributed by atoms with E-state index in [1.54, 1.807) is 11.3 Å². The van der Waals surface area contributed by atoms with Crippen molar-refractivity contribution in [2.24, 2.45) is 0 Å². The molecule has 4 aromatic rings. The van der Waals surface area contributed by atoms with Crippen LogP contribution < -0.4 is 0 Å². The average molecular weight is 374 g/mol. The lowest BCUT2D eigenvalue weighted by molar-refractivity contribution is 0.106. The van der Waals surface area contributed by atoms with Crippen LogP contribution in [0.25, 0.3) is 10.1 Å². The Labute approximate surface area is 164 Å². The van der Waals surface area contributed by atoms with Crippen molar-refractivity contribution in [3.8, 4) is 0 Å². The van der Waals surface area contributed by atoms with Gasteiger partial charge in [0.2, 0.25) is 0 Å². The van der Waals surface area contributed by atoms with E-state index in [-0.39, 0.29) is 0 Å². The first-order valence-electron chi connectivity index (χ1n) is 9.24. The molecular formula is C24H23NOS. The second-order valence-corrected chi connectivity index (χ2v) is 7.76. The highest BCUT2D eigenvalue weighted by Crippen LogP contribution is 2.31. The van der Waals surface area contributed by atoms with E-state index < -0.39 is 6.10 Å². The largest absolute Gasteiger partial charge is 0.387 e. The molecule has 1 unspecified atom stereocenters. The van der Waals surface area contributed by atoms with Crippen molar-refractivity contribution in [1.29, 1.82) is 0 Å². The number of hydrogen-bond donors (Lipinski definition) is 1. The molecule has 2 nitrogen and oxygen atoms in total. The first kappa shape index (κ1) is 17.9. The van der Waals surface area contributed by atoms with Gasteiger partial charge in [0.15, 0.2) is 0 Å². The van der Waals surface area contributed by atoms with Crippen LogP contribution in [0.5, 0.6) is 0 Å². The third kappa shape index (κ3) is 4.45. The Kier molecular flexibility index (Phi) is 5.64. The van der Waals surface area contributed by atoms with E-state index in [0.717, 1.165) is 24.0 Å². The maximum Gasteiger partial charge on any atom is 0.0931 e. The van der Waals surface area contributed by atoms with Crippen molar-refractivity contribution < 1.29 is 5.11 Å². The fraction of sp³-hybridized carbons (Fsp3) is 0.167. The van der Waals surface area contributed by atoms with Crippen LogP contribution in [-0.4, -0.2) is 16.6 Å². The molecule has 1 atom stereocenters. The number of aliphatic hydroxyl groups is 1. The molecule has 0 saturated heterocycles. The lowest BCUT2D eigenvalue weighted by atomic mass is 10.1. The number of thiophene rings is 1. The van der Waals surface area contributed by atoms with E-state index in [0.29, 0.717) is 6.54 Å². The summed E-state index contributed by atoms with van der Waals surface area (Å²) in [4.78, 5) is 2.32. The molecule has 0 saturated carbocycles. The van der Waals surface area contributed by atoms with Crippen LogP contribution in [0.4, 0.5) is 0 Å². The van der Waals surface area contributed by atoms with Gasteiger partial charge in [0.1, 0.15) is 0 Å². The fourth-order valence-corrected chi connectivity index (χ4v) is 4.48. The van der Waals surface area contributed by atoms with Gasteiger partial charge in [-0.2, -0.15) is 0 Å². The van der Waals surface area contributed by atoms with Crippen LogP contribution in [0.3, 0.4) is 0 Å². The minimum Gasteiger partial charge on any atom is -0.387 e. The number of hydrogen-bond acceptors (Lipinski definition) is 3. The van der Waals surface area contributed by atoms with Gasteiger partial charge in [-0.1, -0.05) is 78.9 Å². The van der Waals surface area contributed by atoms with Gasteiger partial charge < -0.3 is 5.11 Å². The predicted octanol–water partition coefficient (Wildman–Crippen LogP) is 5.64. The Hall–Kier alpha value is -2.46. The summed E-state index contributed by atoms with van der Waals surface area (Å²) < 4.78 is 1.23. The van der Waals surface area contributed by atoms with Gasteiger partial charge in [-0.15, -0.1) is 11.3 Å². The zero-order valence-corrected chi connectivity index (χ0v) is 16.0. The Bertz CT molecular complexity index is 939. The monoisotopic (exact) mass is 373 g/mol. The van der Waals surface area contributed by atoms with Gasteiger partial charge in [-0.3, -0.25) is 4.90 Å². The molecule has 0 aliphatic rings. The normalized spacial score (nSPS) is 12.5. The zero-order chi connectivity index (χ0) is 18.5. The van der Waals surface area contributed by atoms with Gasteiger partial charge in [-0.05, 0) is 28.0 Å². The summed E-state index contributed by atoms with van der Waals surface area (Å²) in [6, 6.07) is 29.2. The van der Waals surface area contributed by atoms with Crippen molar-refractivity contribution in [3.63, 3.8) is 0 Å². The van der Waals surface area contributed by atoms with Gasteiger partial charge in [-0.25, -0.2) is 0 Å². The molecule has 0 aliphatic heterocycles. The molecule has 3 heteroatoms. The standard InChI is InChI=1S/C24H23NOS/c26-23(22-18-27-24-14-8-7-13-21(22)24)17-25(15-19-9-3-1-4-10-19)16-20-11-5-2-6-12-20/h1-14,18,23,26H,15-17H2. The quantitative estimate of drug-likeness (QED) is 0.453. The Morgan fingerprint density at radius 2 is 1.30 bits per heavy atom. The van der Waals surface area contributed by atoms with Gasteiger partial charge in [0, 0.05) is 29.9 Å². The van der Waals surface area contributed by atoms with Crippen molar-refractivity contribution in [2.45, 2.75) is 19.2 Å². The highest BCUT2D eigenvalue weighted by Gasteiger charge is 2.17. The summed E-state index contributed by atoms with van der Waals surface area (Å²) in [7, 11) is 0. The van der Waals surface area contributed by atoms with Gasteiger partial charge in [0.25, 0.3) is 0 Å². The first-order chi connectivity index (χ1) is 13.3. The minimum atomic E-state index is -0.506. The SMILES string of the molecule is OC(CN(Cc1ccccc1)Cc1ccccc1)c1csc2ccccc12. The Morgan fingerprint density at radius 3 is 1.93 bits per heavy atom. The zero-order valence-electron chi connectivity index (χ0n) is 15.2. The van der Waals surface area contributed by atoms with Crippen LogP contribution in [0.15, 0.2) is 90.3 Å². The average Bonchev–Trinajstić information content (AvgIpc) is 3.14. The summed E-state index contributed by atoms with van der Waals surface area (Å²) in [6.07, 6.45) is -0.506. The molecule has 0 fully saturated rings. The van der Waals surface area contributed by atoms with E-state index >= 15 is 0 Å². The molecular weight excluding hydrogens is 350 g/mol. The van der Waals surface area contributed by atoms with Crippen molar-refractivity contribution >= 4 is 21.4 Å². The number of fused-ring (bicyclic) bond motifs is 1. The molecule has 3 aromatic carbocycles. The number of aliphatic hydroxyl groups excluding tert-OH is 1. The smallest absolute Gasteiger partial charge is 0.0931 e. The molecule has 136 valence electrons. The number of nitrogens with zero attached hydrogens (tertiary/aromatic N) is 1. The molecule has 0 spiro atoms. The third-order valence-electron chi connectivity index (χ3n) is 4.80. The maximum absolute atomic E-state index is 11.0. The van der Waals surface area contributed by atoms with E-state index in [9.17, 15) is 5.11 Å². The molecule has 1 N–H and O–H groups in total. The van der Waals surface area contributed by atoms with E-state index in [4.69, 9.17) is 0 Å². The molecule has 0 radical (unpaired) electrons. The molecule has 27 heavy (non-hydrogen) atoms. The molecule has 4 rings (SSSR count). The van der Waals surface area contributed by atoms with Gasteiger partial charge in [0.05, 0.1) is 6.10 Å². The molecule has 0 bridgehead atoms. The summed E-state index contributed by atoms with van der Waals surface area (Å²) in [6.45, 7) is 2.23.